The maximum atomic E-state index is 11.9. The summed E-state index contributed by atoms with van der Waals surface area (Å²) in [6.45, 7) is 3.65. The largest absolute Gasteiger partial charge is 0.337 e. The van der Waals surface area contributed by atoms with E-state index in [0.717, 1.165) is 31.7 Å². The van der Waals surface area contributed by atoms with E-state index >= 15 is 0 Å². The number of likely N-dealkylation sites (N-methyl/N-ethyl adjacent to an activating group) is 1. The lowest BCUT2D eigenvalue weighted by molar-refractivity contribution is -0.127. The number of hydrogen-bond donors (Lipinski definition) is 0. The molecule has 14 heavy (non-hydrogen) atoms. The number of allylic oxidation sites excluding steroid dienone is 2. The highest BCUT2D eigenvalue weighted by Crippen LogP contribution is 2.08. The summed E-state index contributed by atoms with van der Waals surface area (Å²) in [6.07, 6.45) is 3.78. The van der Waals surface area contributed by atoms with E-state index in [-0.39, 0.29) is 5.91 Å². The Kier molecular flexibility index (Phi) is 2.73. The molecule has 2 rings (SSSR count). The zero-order valence-electron chi connectivity index (χ0n) is 8.44. The first kappa shape index (κ1) is 9.53. The normalized spacial score (nSPS) is 22.1. The molecule has 0 atom stereocenters. The maximum absolute atomic E-state index is 11.9. The summed E-state index contributed by atoms with van der Waals surface area (Å²) in [5.41, 5.74) is 0.814. The van der Waals surface area contributed by atoms with Gasteiger partial charge in [-0.1, -0.05) is 12.2 Å². The minimum absolute atomic E-state index is 0.170. The Morgan fingerprint density at radius 2 is 2.07 bits per heavy atom. The van der Waals surface area contributed by atoms with Gasteiger partial charge in [0.1, 0.15) is 0 Å². The van der Waals surface area contributed by atoms with Crippen molar-refractivity contribution >= 4 is 13.2 Å². The number of carbonyl (C=O) groups excluding carboxylic acids is 1. The van der Waals surface area contributed by atoms with Crippen LogP contribution in [0.2, 0.25) is 0 Å². The molecule has 0 aliphatic carbocycles. The van der Waals surface area contributed by atoms with Gasteiger partial charge in [-0.3, -0.25) is 4.79 Å². The summed E-state index contributed by atoms with van der Waals surface area (Å²) in [5, 5.41) is 0. The minimum Gasteiger partial charge on any atom is -0.337 e. The van der Waals surface area contributed by atoms with Gasteiger partial charge in [-0.05, 0) is 12.5 Å². The summed E-state index contributed by atoms with van der Waals surface area (Å²) >= 11 is 0. The first-order chi connectivity index (χ1) is 6.77. The quantitative estimate of drug-likeness (QED) is 0.536. The molecule has 73 valence electrons. The van der Waals surface area contributed by atoms with Crippen LogP contribution >= 0.6 is 0 Å². The second-order valence-corrected chi connectivity index (χ2v) is 3.77. The van der Waals surface area contributed by atoms with Gasteiger partial charge in [0, 0.05) is 26.2 Å². The molecule has 1 saturated heterocycles. The SMILES string of the molecule is CN1CCN(C(=O)C2=CC=C[B]2)CC1. The van der Waals surface area contributed by atoms with Gasteiger partial charge in [-0.15, -0.1) is 5.98 Å². The van der Waals surface area contributed by atoms with Crippen molar-refractivity contribution in [2.75, 3.05) is 33.2 Å². The summed E-state index contributed by atoms with van der Waals surface area (Å²) in [4.78, 5) is 16.0. The average Bonchev–Trinajstić information content (AvgIpc) is 2.71. The smallest absolute Gasteiger partial charge is 0.240 e. The van der Waals surface area contributed by atoms with Crippen molar-refractivity contribution in [3.05, 3.63) is 23.6 Å². The van der Waals surface area contributed by atoms with Gasteiger partial charge in [-0.2, -0.15) is 0 Å². The fourth-order valence-corrected chi connectivity index (χ4v) is 1.71. The maximum Gasteiger partial charge on any atom is 0.240 e. The molecule has 0 saturated carbocycles. The third-order valence-corrected chi connectivity index (χ3v) is 2.70. The molecule has 0 spiro atoms. The van der Waals surface area contributed by atoms with Crippen LogP contribution < -0.4 is 0 Å². The van der Waals surface area contributed by atoms with Crippen molar-refractivity contribution in [1.29, 1.82) is 0 Å². The van der Waals surface area contributed by atoms with E-state index in [0.29, 0.717) is 0 Å². The molecule has 0 unspecified atom stereocenters. The van der Waals surface area contributed by atoms with Crippen LogP contribution in [0.1, 0.15) is 0 Å². The highest BCUT2D eigenvalue weighted by Gasteiger charge is 2.21. The van der Waals surface area contributed by atoms with Crippen molar-refractivity contribution in [2.24, 2.45) is 0 Å². The van der Waals surface area contributed by atoms with Crippen LogP contribution in [0.5, 0.6) is 0 Å². The Hall–Kier alpha value is -1.03. The van der Waals surface area contributed by atoms with E-state index in [1.54, 1.807) is 0 Å². The molecule has 1 amide bonds. The fraction of sp³-hybridized carbons (Fsp3) is 0.500. The van der Waals surface area contributed by atoms with Crippen LogP contribution in [0.25, 0.3) is 0 Å². The van der Waals surface area contributed by atoms with Crippen molar-refractivity contribution in [3.8, 4) is 0 Å². The highest BCUT2D eigenvalue weighted by atomic mass is 16.2. The third-order valence-electron chi connectivity index (χ3n) is 2.70. The van der Waals surface area contributed by atoms with E-state index in [9.17, 15) is 4.79 Å². The van der Waals surface area contributed by atoms with Gasteiger partial charge in [0.25, 0.3) is 0 Å². The van der Waals surface area contributed by atoms with Gasteiger partial charge in [0.15, 0.2) is 7.28 Å². The lowest BCUT2D eigenvalue weighted by atomic mass is 9.72. The van der Waals surface area contributed by atoms with Crippen molar-refractivity contribution < 1.29 is 4.79 Å². The zero-order chi connectivity index (χ0) is 9.97. The zero-order valence-corrected chi connectivity index (χ0v) is 8.44. The molecule has 0 bridgehead atoms. The fourth-order valence-electron chi connectivity index (χ4n) is 1.71. The van der Waals surface area contributed by atoms with Crippen molar-refractivity contribution in [1.82, 2.24) is 9.80 Å². The third kappa shape index (κ3) is 1.90. The van der Waals surface area contributed by atoms with E-state index in [1.807, 2.05) is 30.3 Å². The summed E-state index contributed by atoms with van der Waals surface area (Å²) in [7, 11) is 3.96. The Bertz CT molecular complexity index is 290. The second-order valence-electron chi connectivity index (χ2n) is 3.77. The Labute approximate surface area is 85.3 Å². The number of amides is 1. The molecule has 2 aliphatic rings. The predicted octanol–water partition coefficient (Wildman–Crippen LogP) is -0.124. The standard InChI is InChI=1S/C10H14BN2O/c1-12-5-7-13(8-6-12)10(14)9-3-2-4-11-9/h2-4H,5-8H2,1H3. The van der Waals surface area contributed by atoms with Crippen LogP contribution in [0, 0.1) is 0 Å². The molecular formula is C10H14BN2O. The Balaban J connectivity index is 1.92. The van der Waals surface area contributed by atoms with Crippen LogP contribution in [0.3, 0.4) is 0 Å². The number of piperazine rings is 1. The minimum atomic E-state index is 0.170. The summed E-state index contributed by atoms with van der Waals surface area (Å²) in [5.74, 6) is 2.08. The van der Waals surface area contributed by atoms with Gasteiger partial charge in [-0.25, -0.2) is 0 Å². The van der Waals surface area contributed by atoms with E-state index in [4.69, 9.17) is 0 Å². The van der Waals surface area contributed by atoms with Crippen LogP contribution in [0.4, 0.5) is 0 Å². The number of hydrogen-bond acceptors (Lipinski definition) is 2. The summed E-state index contributed by atoms with van der Waals surface area (Å²) in [6, 6.07) is 0. The van der Waals surface area contributed by atoms with E-state index < -0.39 is 0 Å². The molecule has 0 N–H and O–H groups in total. The lowest BCUT2D eigenvalue weighted by Gasteiger charge is -2.32. The molecule has 1 fully saturated rings. The van der Waals surface area contributed by atoms with Gasteiger partial charge in [0.05, 0.1) is 0 Å². The molecular weight excluding hydrogens is 175 g/mol. The van der Waals surface area contributed by atoms with Gasteiger partial charge >= 0.3 is 0 Å². The highest BCUT2D eigenvalue weighted by molar-refractivity contribution is 6.59. The molecule has 0 aromatic rings. The molecule has 0 aromatic carbocycles. The van der Waals surface area contributed by atoms with Crippen molar-refractivity contribution in [3.63, 3.8) is 0 Å². The molecule has 2 heterocycles. The van der Waals surface area contributed by atoms with Crippen LogP contribution in [-0.2, 0) is 4.79 Å². The topological polar surface area (TPSA) is 23.6 Å². The monoisotopic (exact) mass is 189 g/mol. The predicted molar refractivity (Wildman–Crippen MR) is 57.1 cm³/mol. The van der Waals surface area contributed by atoms with Gasteiger partial charge < -0.3 is 9.80 Å². The number of carbonyl (C=O) groups is 1. The van der Waals surface area contributed by atoms with Crippen molar-refractivity contribution in [2.45, 2.75) is 0 Å². The lowest BCUT2D eigenvalue weighted by Crippen LogP contribution is -2.47. The number of nitrogens with zero attached hydrogens (tertiary/aromatic N) is 2. The second kappa shape index (κ2) is 4.01. The molecule has 2 aliphatic heterocycles. The van der Waals surface area contributed by atoms with E-state index in [1.165, 1.54) is 0 Å². The molecule has 0 aromatic heterocycles. The number of rotatable bonds is 1. The molecule has 3 nitrogen and oxygen atoms in total. The average molecular weight is 189 g/mol. The Morgan fingerprint density at radius 3 is 2.64 bits per heavy atom. The molecule has 1 radical (unpaired) electrons. The molecule has 4 heteroatoms. The summed E-state index contributed by atoms with van der Waals surface area (Å²) < 4.78 is 0. The van der Waals surface area contributed by atoms with Crippen LogP contribution in [0.15, 0.2) is 23.6 Å². The first-order valence-corrected chi connectivity index (χ1v) is 4.97. The Morgan fingerprint density at radius 1 is 1.36 bits per heavy atom. The van der Waals surface area contributed by atoms with Gasteiger partial charge in [0.2, 0.25) is 5.91 Å². The first-order valence-electron chi connectivity index (χ1n) is 4.97. The van der Waals surface area contributed by atoms with E-state index in [2.05, 4.69) is 11.9 Å². The van der Waals surface area contributed by atoms with Crippen LogP contribution in [-0.4, -0.2) is 56.2 Å².